The molecule has 1 aromatic carbocycles. The van der Waals surface area contributed by atoms with Crippen LogP contribution in [0, 0.1) is 11.3 Å². The number of hydrogen-bond donors (Lipinski definition) is 1. The highest BCUT2D eigenvalue weighted by atomic mass is 16.5. The molecule has 1 aliphatic heterocycles. The van der Waals surface area contributed by atoms with Crippen LogP contribution in [0.1, 0.15) is 24.8 Å². The van der Waals surface area contributed by atoms with E-state index in [2.05, 4.69) is 0 Å². The molecule has 0 bridgehead atoms. The number of rotatable bonds is 6. The Bertz CT molecular complexity index is 553. The van der Waals surface area contributed by atoms with E-state index in [-0.39, 0.29) is 5.91 Å². The van der Waals surface area contributed by atoms with E-state index in [1.54, 1.807) is 4.90 Å². The minimum atomic E-state index is -1.11. The van der Waals surface area contributed by atoms with Crippen molar-refractivity contribution in [2.45, 2.75) is 25.9 Å². The molecule has 2 aliphatic rings. The molecule has 1 saturated carbocycles. The number of carboxylic acids is 1. The summed E-state index contributed by atoms with van der Waals surface area (Å²) in [5.41, 5.74) is 0.0241. The van der Waals surface area contributed by atoms with Gasteiger partial charge in [0.25, 0.3) is 0 Å². The van der Waals surface area contributed by atoms with E-state index in [0.29, 0.717) is 45.1 Å². The van der Waals surface area contributed by atoms with Crippen molar-refractivity contribution in [2.24, 2.45) is 11.3 Å². The quantitative estimate of drug-likeness (QED) is 0.815. The molecule has 0 aromatic heterocycles. The van der Waals surface area contributed by atoms with E-state index < -0.39 is 11.4 Å². The van der Waals surface area contributed by atoms with Crippen LogP contribution in [0.25, 0.3) is 0 Å². The molecule has 0 spiro atoms. The average molecular weight is 303 g/mol. The predicted octanol–water partition coefficient (Wildman–Crippen LogP) is 1.92. The maximum Gasteiger partial charge on any atom is 0.319 e. The van der Waals surface area contributed by atoms with Crippen molar-refractivity contribution in [1.82, 2.24) is 4.90 Å². The van der Waals surface area contributed by atoms with Gasteiger partial charge in [0.1, 0.15) is 5.41 Å². The normalized spacial score (nSPS) is 22.5. The summed E-state index contributed by atoms with van der Waals surface area (Å²) in [4.78, 5) is 25.2. The second-order valence-corrected chi connectivity index (χ2v) is 6.29. The third-order valence-corrected chi connectivity index (χ3v) is 4.61. The number of ether oxygens (including phenoxy) is 1. The van der Waals surface area contributed by atoms with Gasteiger partial charge in [-0.15, -0.1) is 0 Å². The SMILES string of the molecule is O=C(O)C1(C(=O)N2CC[C@@H](COCc3ccccc3)C2)CC1. The molecular formula is C17H21NO4. The fourth-order valence-electron chi connectivity index (χ4n) is 3.02. The van der Waals surface area contributed by atoms with Gasteiger partial charge in [-0.05, 0) is 24.8 Å². The summed E-state index contributed by atoms with van der Waals surface area (Å²) < 4.78 is 5.73. The maximum absolute atomic E-state index is 12.3. The second-order valence-electron chi connectivity index (χ2n) is 6.29. The Morgan fingerprint density at radius 3 is 2.64 bits per heavy atom. The molecule has 0 unspecified atom stereocenters. The average Bonchev–Trinajstić information content (AvgIpc) is 3.21. The minimum absolute atomic E-state index is 0.203. The molecule has 1 heterocycles. The van der Waals surface area contributed by atoms with Gasteiger partial charge < -0.3 is 14.7 Å². The number of benzene rings is 1. The van der Waals surface area contributed by atoms with Crippen LogP contribution in [0.3, 0.4) is 0 Å². The fourth-order valence-corrected chi connectivity index (χ4v) is 3.02. The third kappa shape index (κ3) is 2.99. The molecule has 1 amide bonds. The Hall–Kier alpha value is -1.88. The van der Waals surface area contributed by atoms with Gasteiger partial charge in [-0.1, -0.05) is 30.3 Å². The van der Waals surface area contributed by atoms with E-state index in [9.17, 15) is 14.7 Å². The maximum atomic E-state index is 12.3. The molecule has 1 aliphatic carbocycles. The molecule has 0 radical (unpaired) electrons. The highest BCUT2D eigenvalue weighted by Gasteiger charge is 2.59. The summed E-state index contributed by atoms with van der Waals surface area (Å²) >= 11 is 0. The summed E-state index contributed by atoms with van der Waals surface area (Å²) in [5, 5.41) is 9.20. The summed E-state index contributed by atoms with van der Waals surface area (Å²) in [6.07, 6.45) is 1.84. The third-order valence-electron chi connectivity index (χ3n) is 4.61. The second kappa shape index (κ2) is 6.08. The molecule has 1 N–H and O–H groups in total. The first-order valence-electron chi connectivity index (χ1n) is 7.76. The van der Waals surface area contributed by atoms with Gasteiger partial charge in [-0.3, -0.25) is 9.59 Å². The lowest BCUT2D eigenvalue weighted by Crippen LogP contribution is -2.39. The van der Waals surface area contributed by atoms with Crippen molar-refractivity contribution in [3.63, 3.8) is 0 Å². The number of carbonyl (C=O) groups excluding carboxylic acids is 1. The zero-order valence-corrected chi connectivity index (χ0v) is 12.5. The molecule has 5 heteroatoms. The number of nitrogens with zero attached hydrogens (tertiary/aromatic N) is 1. The van der Waals surface area contributed by atoms with Gasteiger partial charge in [-0.25, -0.2) is 0 Å². The summed E-state index contributed by atoms with van der Waals surface area (Å²) in [7, 11) is 0. The van der Waals surface area contributed by atoms with Crippen LogP contribution < -0.4 is 0 Å². The smallest absolute Gasteiger partial charge is 0.319 e. The van der Waals surface area contributed by atoms with Gasteiger partial charge >= 0.3 is 5.97 Å². The van der Waals surface area contributed by atoms with Crippen LogP contribution in [-0.4, -0.2) is 41.6 Å². The van der Waals surface area contributed by atoms with Crippen LogP contribution in [0.15, 0.2) is 30.3 Å². The Balaban J connectivity index is 1.45. The van der Waals surface area contributed by atoms with Crippen molar-refractivity contribution in [1.29, 1.82) is 0 Å². The largest absolute Gasteiger partial charge is 0.480 e. The number of carboxylic acid groups (broad SMARTS) is 1. The standard InChI is InChI=1S/C17H21NO4/c19-15(17(7-8-17)16(20)21)18-9-6-14(10-18)12-22-11-13-4-2-1-3-5-13/h1-5,14H,6-12H2,(H,20,21)/t14-/m1/s1. The van der Waals surface area contributed by atoms with E-state index in [1.165, 1.54) is 0 Å². The Morgan fingerprint density at radius 2 is 2.00 bits per heavy atom. The Morgan fingerprint density at radius 1 is 1.27 bits per heavy atom. The molecular weight excluding hydrogens is 282 g/mol. The Kier molecular flexibility index (Phi) is 4.16. The molecule has 118 valence electrons. The summed E-state index contributed by atoms with van der Waals surface area (Å²) in [6.45, 7) is 2.44. The monoisotopic (exact) mass is 303 g/mol. The molecule has 5 nitrogen and oxygen atoms in total. The first kappa shape index (κ1) is 15.0. The number of likely N-dealkylation sites (tertiary alicyclic amines) is 1. The van der Waals surface area contributed by atoms with Gasteiger partial charge in [-0.2, -0.15) is 0 Å². The lowest BCUT2D eigenvalue weighted by molar-refractivity contribution is -0.153. The van der Waals surface area contributed by atoms with E-state index in [4.69, 9.17) is 4.74 Å². The van der Waals surface area contributed by atoms with Crippen molar-refractivity contribution < 1.29 is 19.4 Å². The molecule has 2 fully saturated rings. The lowest BCUT2D eigenvalue weighted by atomic mass is 10.1. The lowest BCUT2D eigenvalue weighted by Gasteiger charge is -2.20. The van der Waals surface area contributed by atoms with Crippen molar-refractivity contribution in [3.8, 4) is 0 Å². The number of amides is 1. The van der Waals surface area contributed by atoms with Crippen LogP contribution in [0.2, 0.25) is 0 Å². The highest BCUT2D eigenvalue weighted by Crippen LogP contribution is 2.48. The first-order valence-corrected chi connectivity index (χ1v) is 7.76. The molecule has 1 aromatic rings. The number of aliphatic carboxylic acids is 1. The zero-order valence-electron chi connectivity index (χ0n) is 12.5. The topological polar surface area (TPSA) is 66.8 Å². The van der Waals surface area contributed by atoms with Gasteiger partial charge in [0.2, 0.25) is 5.91 Å². The van der Waals surface area contributed by atoms with Gasteiger partial charge in [0, 0.05) is 19.0 Å². The van der Waals surface area contributed by atoms with Crippen molar-refractivity contribution in [2.75, 3.05) is 19.7 Å². The van der Waals surface area contributed by atoms with Crippen LogP contribution >= 0.6 is 0 Å². The van der Waals surface area contributed by atoms with Crippen LogP contribution in [-0.2, 0) is 20.9 Å². The molecule has 1 atom stereocenters. The summed E-state index contributed by atoms with van der Waals surface area (Å²) in [5.74, 6) is -0.871. The van der Waals surface area contributed by atoms with Gasteiger partial charge in [0.15, 0.2) is 0 Å². The predicted molar refractivity (Wildman–Crippen MR) is 80.1 cm³/mol. The highest BCUT2D eigenvalue weighted by molar-refractivity contribution is 6.04. The molecule has 22 heavy (non-hydrogen) atoms. The van der Waals surface area contributed by atoms with Gasteiger partial charge in [0.05, 0.1) is 13.2 Å². The van der Waals surface area contributed by atoms with Crippen LogP contribution in [0.4, 0.5) is 0 Å². The summed E-state index contributed by atoms with van der Waals surface area (Å²) in [6, 6.07) is 9.98. The van der Waals surface area contributed by atoms with E-state index >= 15 is 0 Å². The minimum Gasteiger partial charge on any atom is -0.480 e. The van der Waals surface area contributed by atoms with E-state index in [1.807, 2.05) is 30.3 Å². The van der Waals surface area contributed by atoms with E-state index in [0.717, 1.165) is 12.0 Å². The number of hydrogen-bond acceptors (Lipinski definition) is 3. The van der Waals surface area contributed by atoms with Crippen molar-refractivity contribution >= 4 is 11.9 Å². The molecule has 1 saturated heterocycles. The first-order chi connectivity index (χ1) is 10.6. The number of carbonyl (C=O) groups is 2. The van der Waals surface area contributed by atoms with Crippen molar-refractivity contribution in [3.05, 3.63) is 35.9 Å². The van der Waals surface area contributed by atoms with Crippen LogP contribution in [0.5, 0.6) is 0 Å². The zero-order chi connectivity index (χ0) is 15.6. The fraction of sp³-hybridized carbons (Fsp3) is 0.529. The molecule has 3 rings (SSSR count). The Labute approximate surface area is 129 Å².